The summed E-state index contributed by atoms with van der Waals surface area (Å²) in [6.07, 6.45) is 0.255. The topological polar surface area (TPSA) is 118 Å². The van der Waals surface area contributed by atoms with Crippen LogP contribution in [0.15, 0.2) is 24.3 Å². The highest BCUT2D eigenvalue weighted by Gasteiger charge is 2.66. The average Bonchev–Trinajstić information content (AvgIpc) is 3.78. The minimum Gasteiger partial charge on any atom is -0.459 e. The van der Waals surface area contributed by atoms with Crippen molar-refractivity contribution >= 4 is 5.97 Å². The fourth-order valence-electron chi connectivity index (χ4n) is 11.4. The predicted molar refractivity (Wildman–Crippen MR) is 201 cm³/mol. The summed E-state index contributed by atoms with van der Waals surface area (Å²) in [7, 11) is 3.74. The summed E-state index contributed by atoms with van der Waals surface area (Å²) in [5, 5.41) is 11.9. The molecule has 2 bridgehead atoms. The van der Waals surface area contributed by atoms with Gasteiger partial charge in [-0.3, -0.25) is 9.69 Å². The van der Waals surface area contributed by atoms with Gasteiger partial charge in [0.2, 0.25) is 5.79 Å². The Labute approximate surface area is 327 Å². The lowest BCUT2D eigenvalue weighted by Gasteiger charge is -2.59. The van der Waals surface area contributed by atoms with Gasteiger partial charge in [-0.05, 0) is 90.0 Å². The van der Waals surface area contributed by atoms with E-state index in [1.807, 2.05) is 26.0 Å². The highest BCUT2D eigenvalue weighted by atomic mass is 19.1. The maximum Gasteiger partial charge on any atom is 0.308 e. The molecule has 1 aromatic carbocycles. The van der Waals surface area contributed by atoms with Crippen molar-refractivity contribution in [2.24, 2.45) is 23.7 Å². The zero-order chi connectivity index (χ0) is 39.6. The van der Waals surface area contributed by atoms with Crippen molar-refractivity contribution in [3.63, 3.8) is 0 Å². The Kier molecular flexibility index (Phi) is 11.9. The predicted octanol–water partition coefficient (Wildman–Crippen LogP) is 6.16. The standard InChI is InChI=1S/C43H66FNO10/c1-11-17-41(7,47)40-29(12-2)35-23(3)20-42(8,54-35)34(25(5)31(19-32(46)52-40)51-33-21-43(48-10)39(55-43)26(6)50-33)37-38-36(53-37)30(18-24(4)49-38)45(9)22-27-13-15-28(44)16-14-27/h13-16,23-26,29-31,33-40,47H,11-12,17-22H2,1-10H3/t23?,24?,25-,26?,29+,30?,31-,33?,34+,35?,36?,37+,38+,39-,40+,41?,42+,43?/m0/s1. The van der Waals surface area contributed by atoms with E-state index < -0.39 is 41.5 Å². The molecule has 0 saturated carbocycles. The molecular weight excluding hydrogens is 709 g/mol. The summed E-state index contributed by atoms with van der Waals surface area (Å²) < 4.78 is 66.3. The number of carbonyl (C=O) groups is 1. The van der Waals surface area contributed by atoms with E-state index in [0.29, 0.717) is 25.8 Å². The first-order chi connectivity index (χ1) is 26.0. The van der Waals surface area contributed by atoms with E-state index in [9.17, 15) is 14.3 Å². The summed E-state index contributed by atoms with van der Waals surface area (Å²) in [5.41, 5.74) is -0.897. The number of aliphatic hydroxyl groups is 1. The van der Waals surface area contributed by atoms with Crippen molar-refractivity contribution in [2.45, 2.75) is 191 Å². The third kappa shape index (κ3) is 7.90. The molecule has 7 rings (SSSR count). The van der Waals surface area contributed by atoms with Crippen LogP contribution in [0.1, 0.15) is 106 Å². The molecule has 12 heteroatoms. The van der Waals surface area contributed by atoms with Crippen LogP contribution >= 0.6 is 0 Å². The Morgan fingerprint density at radius 2 is 1.73 bits per heavy atom. The molecule has 0 amide bonds. The first-order valence-electron chi connectivity index (χ1n) is 20.9. The molecule has 6 aliphatic rings. The van der Waals surface area contributed by atoms with Crippen LogP contribution in [0, 0.1) is 29.5 Å². The quantitative estimate of drug-likeness (QED) is 0.206. The Morgan fingerprint density at radius 3 is 2.40 bits per heavy atom. The number of carbonyl (C=O) groups excluding carboxylic acids is 1. The van der Waals surface area contributed by atoms with E-state index in [-0.39, 0.29) is 84.7 Å². The number of benzene rings is 1. The van der Waals surface area contributed by atoms with Gasteiger partial charge in [0.1, 0.15) is 30.2 Å². The van der Waals surface area contributed by atoms with Crippen molar-refractivity contribution < 1.29 is 52.2 Å². The van der Waals surface area contributed by atoms with E-state index in [4.69, 9.17) is 37.9 Å². The van der Waals surface area contributed by atoms with Crippen molar-refractivity contribution in [2.75, 3.05) is 14.2 Å². The minimum absolute atomic E-state index is 0.0165. The SMILES string of the molecule is CCCC(C)(O)[C@@H]1OC(=O)C[C@H](OC2CC3(OC)O[C@H]3C(C)O2)[C@H](C)[C@H]([C@H]2OC3C(N(C)Cc4ccc(F)cc4)CC(C)O[C@H]32)[C@@]2(C)CC(C)C(O2)[C@H]1CC. The molecule has 0 radical (unpaired) electrons. The molecular formula is C43H66FNO10. The van der Waals surface area contributed by atoms with E-state index >= 15 is 0 Å². The molecule has 0 aromatic heterocycles. The number of esters is 1. The van der Waals surface area contributed by atoms with Gasteiger partial charge in [0.05, 0.1) is 54.6 Å². The number of fused-ring (bicyclic) bond motifs is 4. The van der Waals surface area contributed by atoms with Gasteiger partial charge >= 0.3 is 5.97 Å². The molecule has 9 unspecified atom stereocenters. The van der Waals surface area contributed by atoms with E-state index in [1.165, 1.54) is 12.1 Å². The van der Waals surface area contributed by atoms with Crippen LogP contribution in [-0.2, 0) is 49.2 Å². The highest BCUT2D eigenvalue weighted by molar-refractivity contribution is 5.70. The lowest BCUT2D eigenvalue weighted by molar-refractivity contribution is -0.332. The van der Waals surface area contributed by atoms with Crippen LogP contribution in [0.25, 0.3) is 0 Å². The van der Waals surface area contributed by atoms with Gasteiger partial charge in [-0.2, -0.15) is 0 Å². The molecule has 6 fully saturated rings. The third-order valence-electron chi connectivity index (χ3n) is 14.0. The monoisotopic (exact) mass is 775 g/mol. The number of ether oxygens (including phenoxy) is 8. The van der Waals surface area contributed by atoms with Gasteiger partial charge in [0.25, 0.3) is 0 Å². The number of rotatable bonds is 11. The first-order valence-corrected chi connectivity index (χ1v) is 20.9. The molecule has 11 nitrogen and oxygen atoms in total. The summed E-state index contributed by atoms with van der Waals surface area (Å²) in [6, 6.07) is 6.75. The summed E-state index contributed by atoms with van der Waals surface area (Å²) >= 11 is 0. The average molecular weight is 776 g/mol. The number of halogens is 1. The molecule has 6 aliphatic heterocycles. The Morgan fingerprint density at radius 1 is 1.00 bits per heavy atom. The Balaban J connectivity index is 1.22. The fourth-order valence-corrected chi connectivity index (χ4v) is 11.4. The minimum atomic E-state index is -1.25. The number of cyclic esters (lactones) is 1. The summed E-state index contributed by atoms with van der Waals surface area (Å²) in [5.74, 6) is -2.06. The van der Waals surface area contributed by atoms with E-state index in [0.717, 1.165) is 24.8 Å². The molecule has 0 spiro atoms. The lowest BCUT2D eigenvalue weighted by atomic mass is 9.66. The Bertz CT molecular complexity index is 1500. The molecule has 18 atom stereocenters. The normalized spacial score (nSPS) is 46.8. The molecule has 6 heterocycles. The second-order valence-electron chi connectivity index (χ2n) is 18.3. The van der Waals surface area contributed by atoms with E-state index in [2.05, 4.69) is 46.6 Å². The van der Waals surface area contributed by atoms with Crippen molar-refractivity contribution in [3.05, 3.63) is 35.6 Å². The van der Waals surface area contributed by atoms with Gasteiger partial charge in [-0.25, -0.2) is 4.39 Å². The summed E-state index contributed by atoms with van der Waals surface area (Å²) in [6.45, 7) is 17.2. The first kappa shape index (κ1) is 41.4. The number of methoxy groups -OCH3 is 1. The van der Waals surface area contributed by atoms with Gasteiger partial charge in [0.15, 0.2) is 6.29 Å². The third-order valence-corrected chi connectivity index (χ3v) is 14.0. The number of epoxide rings is 1. The van der Waals surface area contributed by atoms with Crippen LogP contribution in [0.3, 0.4) is 0 Å². The van der Waals surface area contributed by atoms with Gasteiger partial charge in [0, 0.05) is 31.5 Å². The number of likely N-dealkylation sites (N-methyl/N-ethyl adjacent to an activating group) is 1. The molecule has 310 valence electrons. The van der Waals surface area contributed by atoms with Crippen molar-refractivity contribution in [3.8, 4) is 0 Å². The lowest BCUT2D eigenvalue weighted by Crippen LogP contribution is -2.72. The maximum atomic E-state index is 14.2. The summed E-state index contributed by atoms with van der Waals surface area (Å²) in [4.78, 5) is 16.5. The molecule has 1 aromatic rings. The van der Waals surface area contributed by atoms with Gasteiger partial charge < -0.3 is 43.0 Å². The Hall–Kier alpha value is -1.74. The van der Waals surface area contributed by atoms with Gasteiger partial charge in [-0.15, -0.1) is 0 Å². The zero-order valence-electron chi connectivity index (χ0n) is 34.6. The number of hydrogen-bond donors (Lipinski definition) is 1. The molecule has 55 heavy (non-hydrogen) atoms. The van der Waals surface area contributed by atoms with Gasteiger partial charge in [-0.1, -0.05) is 46.2 Å². The van der Waals surface area contributed by atoms with Crippen LogP contribution < -0.4 is 0 Å². The van der Waals surface area contributed by atoms with Crippen LogP contribution in [-0.4, -0.2) is 114 Å². The van der Waals surface area contributed by atoms with Crippen molar-refractivity contribution in [1.82, 2.24) is 4.90 Å². The molecule has 0 aliphatic carbocycles. The maximum absolute atomic E-state index is 14.2. The van der Waals surface area contributed by atoms with E-state index in [1.54, 1.807) is 14.0 Å². The fraction of sp³-hybridized carbons (Fsp3) is 0.837. The largest absolute Gasteiger partial charge is 0.459 e. The second kappa shape index (κ2) is 15.8. The van der Waals surface area contributed by atoms with Crippen LogP contribution in [0.2, 0.25) is 0 Å². The molecule has 6 saturated heterocycles. The van der Waals surface area contributed by atoms with Crippen molar-refractivity contribution in [1.29, 1.82) is 0 Å². The number of nitrogens with zero attached hydrogens (tertiary/aromatic N) is 1. The zero-order valence-corrected chi connectivity index (χ0v) is 34.6. The highest BCUT2D eigenvalue weighted by Crippen LogP contribution is 2.55. The second-order valence-corrected chi connectivity index (χ2v) is 18.3. The smallest absolute Gasteiger partial charge is 0.308 e. The number of hydrogen-bond acceptors (Lipinski definition) is 11. The molecule has 1 N–H and O–H groups in total. The van der Waals surface area contributed by atoms with Crippen LogP contribution in [0.5, 0.6) is 0 Å². The van der Waals surface area contributed by atoms with Crippen LogP contribution in [0.4, 0.5) is 4.39 Å².